The van der Waals surface area contributed by atoms with Gasteiger partial charge in [-0.25, -0.2) is 13.4 Å². The lowest BCUT2D eigenvalue weighted by molar-refractivity contribution is 0.350. The van der Waals surface area contributed by atoms with Crippen LogP contribution in [0.5, 0.6) is 0 Å². The molecule has 0 aliphatic rings. The van der Waals surface area contributed by atoms with E-state index in [1.165, 1.54) is 11.3 Å². The summed E-state index contributed by atoms with van der Waals surface area (Å²) in [6.07, 6.45) is 0. The van der Waals surface area contributed by atoms with Crippen molar-refractivity contribution in [1.29, 1.82) is 0 Å². The lowest BCUT2D eigenvalue weighted by Gasteiger charge is -2.05. The lowest BCUT2D eigenvalue weighted by atomic mass is 10.3. The van der Waals surface area contributed by atoms with Gasteiger partial charge < -0.3 is 5.11 Å². The van der Waals surface area contributed by atoms with Crippen LogP contribution in [0.4, 0.5) is 5.82 Å². The summed E-state index contributed by atoms with van der Waals surface area (Å²) in [6.45, 7) is 1.57. The second-order valence-electron chi connectivity index (χ2n) is 3.84. The quantitative estimate of drug-likeness (QED) is 0.844. The van der Waals surface area contributed by atoms with Crippen LogP contribution in [0.15, 0.2) is 34.5 Å². The second kappa shape index (κ2) is 6.05. The molecule has 2 N–H and O–H groups in total. The SMILES string of the molecule is Cc1ccc(S(=O)(=O)Nc2cccc(C#CCO)n2)s1. The third-order valence-electron chi connectivity index (χ3n) is 2.26. The normalized spacial score (nSPS) is 10.7. The van der Waals surface area contributed by atoms with Gasteiger partial charge in [0.05, 0.1) is 0 Å². The minimum atomic E-state index is -3.62. The number of hydrogen-bond donors (Lipinski definition) is 2. The van der Waals surface area contributed by atoms with E-state index in [2.05, 4.69) is 21.5 Å². The Morgan fingerprint density at radius 3 is 2.80 bits per heavy atom. The van der Waals surface area contributed by atoms with Crippen LogP contribution in [-0.2, 0) is 10.0 Å². The number of thiophene rings is 1. The third-order valence-corrected chi connectivity index (χ3v) is 5.11. The Balaban J connectivity index is 2.25. The number of aryl methyl sites for hydroxylation is 1. The molecular formula is C13H12N2O3S2. The molecule has 5 nitrogen and oxygen atoms in total. The molecule has 0 aliphatic carbocycles. The summed E-state index contributed by atoms with van der Waals surface area (Å²) < 4.78 is 26.9. The van der Waals surface area contributed by atoms with E-state index in [0.29, 0.717) is 5.69 Å². The Bertz CT molecular complexity index is 770. The van der Waals surface area contributed by atoms with Crippen LogP contribution in [-0.4, -0.2) is 25.1 Å². The van der Waals surface area contributed by atoms with Gasteiger partial charge in [0.25, 0.3) is 10.0 Å². The van der Waals surface area contributed by atoms with Crippen molar-refractivity contribution in [3.63, 3.8) is 0 Å². The van der Waals surface area contributed by atoms with Gasteiger partial charge in [0.2, 0.25) is 0 Å². The zero-order chi connectivity index (χ0) is 14.6. The van der Waals surface area contributed by atoms with Crippen LogP contribution in [0.25, 0.3) is 0 Å². The summed E-state index contributed by atoms with van der Waals surface area (Å²) in [6, 6.07) is 8.12. The van der Waals surface area contributed by atoms with Gasteiger partial charge in [-0.05, 0) is 37.1 Å². The maximum atomic E-state index is 12.1. The van der Waals surface area contributed by atoms with Gasteiger partial charge in [0, 0.05) is 4.88 Å². The first-order valence-corrected chi connectivity index (χ1v) is 7.97. The molecule has 0 aliphatic heterocycles. The standard InChI is InChI=1S/C13H12N2O3S2/c1-10-7-8-13(19-10)20(17,18)15-12-6-2-4-11(14-12)5-3-9-16/h2,4,6-8,16H,9H2,1H3,(H,14,15). The maximum Gasteiger partial charge on any atom is 0.272 e. The fourth-order valence-electron chi connectivity index (χ4n) is 1.44. The molecule has 0 unspecified atom stereocenters. The lowest BCUT2D eigenvalue weighted by Crippen LogP contribution is -2.12. The first kappa shape index (κ1) is 14.5. The number of hydrogen-bond acceptors (Lipinski definition) is 5. The highest BCUT2D eigenvalue weighted by Gasteiger charge is 2.16. The highest BCUT2D eigenvalue weighted by Crippen LogP contribution is 2.22. The number of aliphatic hydroxyl groups excluding tert-OH is 1. The number of aromatic nitrogens is 1. The zero-order valence-electron chi connectivity index (χ0n) is 10.6. The van der Waals surface area contributed by atoms with E-state index in [9.17, 15) is 8.42 Å². The summed E-state index contributed by atoms with van der Waals surface area (Å²) in [5.41, 5.74) is 0.390. The molecule has 104 valence electrons. The Morgan fingerprint density at radius 2 is 2.15 bits per heavy atom. The predicted octanol–water partition coefficient (Wildman–Crippen LogP) is 1.60. The monoisotopic (exact) mass is 308 g/mol. The number of aliphatic hydroxyl groups is 1. The van der Waals surface area contributed by atoms with E-state index < -0.39 is 10.0 Å². The molecule has 7 heteroatoms. The van der Waals surface area contributed by atoms with E-state index >= 15 is 0 Å². The second-order valence-corrected chi connectivity index (χ2v) is 7.04. The van der Waals surface area contributed by atoms with Crippen LogP contribution in [0, 0.1) is 18.8 Å². The minimum Gasteiger partial charge on any atom is -0.384 e. The molecule has 0 bridgehead atoms. The van der Waals surface area contributed by atoms with E-state index in [0.717, 1.165) is 4.88 Å². The van der Waals surface area contributed by atoms with Gasteiger partial charge in [-0.3, -0.25) is 4.72 Å². The maximum absolute atomic E-state index is 12.1. The van der Waals surface area contributed by atoms with E-state index in [4.69, 9.17) is 5.11 Å². The van der Waals surface area contributed by atoms with E-state index in [-0.39, 0.29) is 16.6 Å². The fraction of sp³-hybridized carbons (Fsp3) is 0.154. The molecular weight excluding hydrogens is 296 g/mol. The molecule has 2 aromatic heterocycles. The summed E-state index contributed by atoms with van der Waals surface area (Å²) in [4.78, 5) is 4.97. The molecule has 2 aromatic rings. The Morgan fingerprint density at radius 1 is 1.35 bits per heavy atom. The molecule has 0 fully saturated rings. The van der Waals surface area contributed by atoms with Crippen molar-refractivity contribution < 1.29 is 13.5 Å². The first-order chi connectivity index (χ1) is 9.51. The van der Waals surface area contributed by atoms with Crippen molar-refractivity contribution in [2.75, 3.05) is 11.3 Å². The van der Waals surface area contributed by atoms with Crippen LogP contribution in [0.1, 0.15) is 10.6 Å². The summed E-state index contributed by atoms with van der Waals surface area (Å²) in [5, 5.41) is 8.62. The molecule has 0 atom stereocenters. The number of nitrogens with one attached hydrogen (secondary N) is 1. The highest BCUT2D eigenvalue weighted by molar-refractivity contribution is 7.94. The van der Waals surface area contributed by atoms with Crippen molar-refractivity contribution in [2.45, 2.75) is 11.1 Å². The first-order valence-electron chi connectivity index (χ1n) is 5.67. The highest BCUT2D eigenvalue weighted by atomic mass is 32.2. The number of sulfonamides is 1. The molecule has 0 aromatic carbocycles. The van der Waals surface area contributed by atoms with Crippen molar-refractivity contribution in [3.05, 3.63) is 40.9 Å². The third kappa shape index (κ3) is 3.57. The average molecular weight is 308 g/mol. The molecule has 0 radical (unpaired) electrons. The van der Waals surface area contributed by atoms with Gasteiger partial charge in [0.15, 0.2) is 0 Å². The van der Waals surface area contributed by atoms with Gasteiger partial charge in [-0.15, -0.1) is 11.3 Å². The largest absolute Gasteiger partial charge is 0.384 e. The molecule has 0 saturated carbocycles. The average Bonchev–Trinajstić information content (AvgIpc) is 2.84. The van der Waals surface area contributed by atoms with E-state index in [1.807, 2.05) is 6.92 Å². The van der Waals surface area contributed by atoms with Gasteiger partial charge in [-0.1, -0.05) is 12.0 Å². The summed E-state index contributed by atoms with van der Waals surface area (Å²) in [5.74, 6) is 5.27. The minimum absolute atomic E-state index is 0.195. The molecule has 2 rings (SSSR count). The van der Waals surface area contributed by atoms with Gasteiger partial charge in [-0.2, -0.15) is 0 Å². The predicted molar refractivity (Wildman–Crippen MR) is 78.1 cm³/mol. The topological polar surface area (TPSA) is 79.3 Å². The Hall–Kier alpha value is -1.88. The van der Waals surface area contributed by atoms with Crippen molar-refractivity contribution in [2.24, 2.45) is 0 Å². The molecule has 0 spiro atoms. The van der Waals surface area contributed by atoms with Gasteiger partial charge >= 0.3 is 0 Å². The Labute approximate surface area is 121 Å². The number of pyridine rings is 1. The van der Waals surface area contributed by atoms with Crippen LogP contribution >= 0.6 is 11.3 Å². The molecule has 20 heavy (non-hydrogen) atoms. The summed E-state index contributed by atoms with van der Waals surface area (Å²) >= 11 is 1.19. The van der Waals surface area contributed by atoms with Crippen molar-refractivity contribution in [1.82, 2.24) is 4.98 Å². The van der Waals surface area contributed by atoms with Crippen molar-refractivity contribution >= 4 is 27.2 Å². The van der Waals surface area contributed by atoms with Crippen molar-refractivity contribution in [3.8, 4) is 11.8 Å². The van der Waals surface area contributed by atoms with Crippen LogP contribution in [0.3, 0.4) is 0 Å². The smallest absolute Gasteiger partial charge is 0.272 e. The number of anilines is 1. The van der Waals surface area contributed by atoms with Gasteiger partial charge in [0.1, 0.15) is 22.3 Å². The zero-order valence-corrected chi connectivity index (χ0v) is 12.3. The molecule has 0 amide bonds. The molecule has 2 heterocycles. The fourth-order valence-corrected chi connectivity index (χ4v) is 3.72. The number of nitrogens with zero attached hydrogens (tertiary/aromatic N) is 1. The van der Waals surface area contributed by atoms with Crippen LogP contribution in [0.2, 0.25) is 0 Å². The van der Waals surface area contributed by atoms with Crippen LogP contribution < -0.4 is 4.72 Å². The van der Waals surface area contributed by atoms with E-state index in [1.54, 1.807) is 30.3 Å². The number of rotatable bonds is 3. The Kier molecular flexibility index (Phi) is 4.39. The summed E-state index contributed by atoms with van der Waals surface area (Å²) in [7, 11) is -3.62. The molecule has 0 saturated heterocycles.